The van der Waals surface area contributed by atoms with E-state index in [-0.39, 0.29) is 66.0 Å². The van der Waals surface area contributed by atoms with E-state index in [9.17, 15) is 27.6 Å². The van der Waals surface area contributed by atoms with Gasteiger partial charge in [0.25, 0.3) is 5.56 Å². The Bertz CT molecular complexity index is 1100. The number of nitrogens with zero attached hydrogens (tertiary/aromatic N) is 3. The van der Waals surface area contributed by atoms with Gasteiger partial charge in [0.15, 0.2) is 0 Å². The van der Waals surface area contributed by atoms with Crippen molar-refractivity contribution in [3.05, 3.63) is 34.2 Å². The number of alkyl halides is 3. The van der Waals surface area contributed by atoms with Crippen molar-refractivity contribution in [1.29, 1.82) is 0 Å². The average Bonchev–Trinajstić information content (AvgIpc) is 3.57. The van der Waals surface area contributed by atoms with Crippen LogP contribution in [0.5, 0.6) is 0 Å². The normalized spacial score (nSPS) is 29.2. The SMILES string of the molecule is O=C1CO[C@H]2CCN(C(=O)N3CC4(CC(Cn5ccc(C6(C(F)(F)F)CC6)cc5=O)C4)C3)C[C@H]2N1. The molecule has 3 saturated heterocycles. The van der Waals surface area contributed by atoms with Crippen molar-refractivity contribution in [2.45, 2.75) is 62.4 Å². The molecule has 0 aromatic carbocycles. The molecule has 0 radical (unpaired) electrons. The quantitative estimate of drug-likeness (QED) is 0.696. The smallest absolute Gasteiger partial charge is 0.366 e. The van der Waals surface area contributed by atoms with Crippen LogP contribution < -0.4 is 10.9 Å². The maximum Gasteiger partial charge on any atom is 0.398 e. The molecule has 1 spiro atoms. The lowest BCUT2D eigenvalue weighted by Gasteiger charge is -2.60. The lowest BCUT2D eigenvalue weighted by molar-refractivity contribution is -0.160. The number of nitrogens with one attached hydrogen (secondary N) is 1. The molecule has 3 aliphatic heterocycles. The lowest BCUT2D eigenvalue weighted by Crippen LogP contribution is -2.68. The second-order valence-electron chi connectivity index (χ2n) is 11.2. The van der Waals surface area contributed by atoms with Gasteiger partial charge in [0.1, 0.15) is 6.61 Å². The van der Waals surface area contributed by atoms with E-state index in [4.69, 9.17) is 4.74 Å². The molecular weight excluding hydrogens is 465 g/mol. The summed E-state index contributed by atoms with van der Waals surface area (Å²) in [5, 5.41) is 2.91. The van der Waals surface area contributed by atoms with Gasteiger partial charge in [-0.1, -0.05) is 0 Å². The van der Waals surface area contributed by atoms with E-state index in [1.165, 1.54) is 16.8 Å². The number of pyridine rings is 1. The van der Waals surface area contributed by atoms with E-state index >= 15 is 0 Å². The van der Waals surface area contributed by atoms with Gasteiger partial charge in [0, 0.05) is 50.4 Å². The summed E-state index contributed by atoms with van der Waals surface area (Å²) in [7, 11) is 0. The molecule has 0 unspecified atom stereocenters. The maximum atomic E-state index is 13.4. The van der Waals surface area contributed by atoms with Gasteiger partial charge in [-0.25, -0.2) is 4.79 Å². The fourth-order valence-electron chi connectivity index (χ4n) is 6.62. The van der Waals surface area contributed by atoms with Crippen molar-refractivity contribution in [2.75, 3.05) is 32.8 Å². The third-order valence-electron chi connectivity index (χ3n) is 8.66. The molecule has 35 heavy (non-hydrogen) atoms. The van der Waals surface area contributed by atoms with E-state index in [2.05, 4.69) is 5.32 Å². The Kier molecular flexibility index (Phi) is 5.04. The zero-order valence-corrected chi connectivity index (χ0v) is 19.4. The zero-order valence-electron chi connectivity index (χ0n) is 19.4. The van der Waals surface area contributed by atoms with Crippen molar-refractivity contribution in [2.24, 2.45) is 11.3 Å². The summed E-state index contributed by atoms with van der Waals surface area (Å²) in [5.41, 5.74) is -2.06. The Balaban J connectivity index is 0.997. The number of likely N-dealkylation sites (tertiary alicyclic amines) is 2. The fraction of sp³-hybridized carbons (Fsp3) is 0.708. The van der Waals surface area contributed by atoms with Gasteiger partial charge in [-0.2, -0.15) is 13.2 Å². The number of hydrogen-bond donors (Lipinski definition) is 1. The summed E-state index contributed by atoms with van der Waals surface area (Å²) in [6.07, 6.45) is -0.278. The minimum Gasteiger partial charge on any atom is -0.366 e. The highest BCUT2D eigenvalue weighted by Gasteiger charge is 2.64. The number of amides is 3. The lowest BCUT2D eigenvalue weighted by atomic mass is 9.57. The van der Waals surface area contributed by atoms with Crippen LogP contribution in [0.15, 0.2) is 23.1 Å². The molecule has 3 amide bonds. The van der Waals surface area contributed by atoms with Gasteiger partial charge >= 0.3 is 12.2 Å². The van der Waals surface area contributed by atoms with Crippen molar-refractivity contribution >= 4 is 11.9 Å². The van der Waals surface area contributed by atoms with Gasteiger partial charge in [-0.15, -0.1) is 0 Å². The largest absolute Gasteiger partial charge is 0.398 e. The number of hydrogen-bond acceptors (Lipinski definition) is 4. The highest BCUT2D eigenvalue weighted by Crippen LogP contribution is 2.58. The second-order valence-corrected chi connectivity index (χ2v) is 11.2. The fourth-order valence-corrected chi connectivity index (χ4v) is 6.62. The van der Waals surface area contributed by atoms with E-state index < -0.39 is 11.6 Å². The number of ether oxygens (including phenoxy) is 1. The van der Waals surface area contributed by atoms with Crippen LogP contribution in [0.2, 0.25) is 0 Å². The summed E-state index contributed by atoms with van der Waals surface area (Å²) in [6.45, 7) is 2.99. The summed E-state index contributed by atoms with van der Waals surface area (Å²) >= 11 is 0. The topological polar surface area (TPSA) is 83.9 Å². The molecule has 1 N–H and O–H groups in total. The third-order valence-corrected chi connectivity index (χ3v) is 8.66. The number of halogens is 3. The Morgan fingerprint density at radius 2 is 1.91 bits per heavy atom. The van der Waals surface area contributed by atoms with Gasteiger partial charge in [-0.3, -0.25) is 9.59 Å². The molecule has 6 rings (SSSR count). The summed E-state index contributed by atoms with van der Waals surface area (Å²) in [6, 6.07) is 2.43. The molecule has 0 bridgehead atoms. The van der Waals surface area contributed by atoms with Crippen LogP contribution in [0, 0.1) is 11.3 Å². The Hall–Kier alpha value is -2.56. The number of carbonyl (C=O) groups excluding carboxylic acids is 2. The first kappa shape index (κ1) is 22.9. The van der Waals surface area contributed by atoms with Gasteiger partial charge in [-0.05, 0) is 49.7 Å². The molecule has 190 valence electrons. The summed E-state index contributed by atoms with van der Waals surface area (Å²) < 4.78 is 47.1. The molecule has 2 aliphatic carbocycles. The van der Waals surface area contributed by atoms with E-state index in [0.29, 0.717) is 39.1 Å². The van der Waals surface area contributed by atoms with Crippen LogP contribution >= 0.6 is 0 Å². The van der Waals surface area contributed by atoms with Crippen LogP contribution in [0.1, 0.15) is 37.7 Å². The number of carbonyl (C=O) groups is 2. The monoisotopic (exact) mass is 494 g/mol. The van der Waals surface area contributed by atoms with Crippen LogP contribution in [0.3, 0.4) is 0 Å². The molecule has 5 fully saturated rings. The molecule has 2 atom stereocenters. The first-order chi connectivity index (χ1) is 16.6. The van der Waals surface area contributed by atoms with E-state index in [0.717, 1.165) is 18.9 Å². The van der Waals surface area contributed by atoms with Crippen LogP contribution in [0.4, 0.5) is 18.0 Å². The predicted octanol–water partition coefficient (Wildman–Crippen LogP) is 1.86. The molecule has 1 aromatic rings. The summed E-state index contributed by atoms with van der Waals surface area (Å²) in [5.74, 6) is 0.128. The number of fused-ring (bicyclic) bond motifs is 1. The number of morpholine rings is 1. The van der Waals surface area contributed by atoms with Crippen molar-refractivity contribution in [3.8, 4) is 0 Å². The standard InChI is InChI=1S/C24H29F3N4O4/c25-24(26,27)23(3-4-23)16-1-5-29(20(33)7-16)10-15-8-22(9-15)13-31(14-22)21(34)30-6-2-18-17(11-30)28-19(32)12-35-18/h1,5,7,15,17-18H,2-4,6,8-14H2,(H,28,32)/t17-,18+/m1/s1. The maximum absolute atomic E-state index is 13.4. The molecular formula is C24H29F3N4O4. The van der Waals surface area contributed by atoms with Crippen LogP contribution in [0.25, 0.3) is 0 Å². The van der Waals surface area contributed by atoms with Crippen LogP contribution in [-0.2, 0) is 21.5 Å². The molecule has 2 saturated carbocycles. The van der Waals surface area contributed by atoms with E-state index in [1.807, 2.05) is 4.90 Å². The van der Waals surface area contributed by atoms with E-state index in [1.54, 1.807) is 4.90 Å². The summed E-state index contributed by atoms with van der Waals surface area (Å²) in [4.78, 5) is 40.7. The average molecular weight is 495 g/mol. The molecule has 8 nitrogen and oxygen atoms in total. The van der Waals surface area contributed by atoms with Gasteiger partial charge < -0.3 is 24.4 Å². The zero-order chi connectivity index (χ0) is 24.6. The predicted molar refractivity (Wildman–Crippen MR) is 118 cm³/mol. The number of urea groups is 1. The second kappa shape index (κ2) is 7.72. The molecule has 11 heteroatoms. The Morgan fingerprint density at radius 1 is 1.17 bits per heavy atom. The number of aromatic nitrogens is 1. The van der Waals surface area contributed by atoms with Crippen molar-refractivity contribution < 1.29 is 27.5 Å². The minimum atomic E-state index is -4.33. The highest BCUT2D eigenvalue weighted by molar-refractivity contribution is 5.79. The van der Waals surface area contributed by atoms with Gasteiger partial charge in [0.2, 0.25) is 5.91 Å². The Morgan fingerprint density at radius 3 is 2.57 bits per heavy atom. The van der Waals surface area contributed by atoms with Crippen molar-refractivity contribution in [3.63, 3.8) is 0 Å². The molecule has 1 aromatic heterocycles. The highest BCUT2D eigenvalue weighted by atomic mass is 19.4. The number of rotatable bonds is 3. The minimum absolute atomic E-state index is 0.0113. The van der Waals surface area contributed by atoms with Crippen LogP contribution in [-0.4, -0.2) is 77.4 Å². The first-order valence-electron chi connectivity index (χ1n) is 12.3. The number of piperidine rings is 1. The molecule has 4 heterocycles. The van der Waals surface area contributed by atoms with Gasteiger partial charge in [0.05, 0.1) is 17.6 Å². The Labute approximate surface area is 200 Å². The first-order valence-corrected chi connectivity index (χ1v) is 12.3. The van der Waals surface area contributed by atoms with Crippen molar-refractivity contribution in [1.82, 2.24) is 19.7 Å². The third kappa shape index (κ3) is 3.82. The molecule has 5 aliphatic rings.